The summed E-state index contributed by atoms with van der Waals surface area (Å²) in [5, 5.41) is 0.0986. The fourth-order valence-electron chi connectivity index (χ4n) is 3.19. The van der Waals surface area contributed by atoms with Crippen molar-refractivity contribution in [2.45, 2.75) is 33.1 Å². The molecule has 1 nitrogen and oxygen atoms in total. The van der Waals surface area contributed by atoms with Gasteiger partial charge in [-0.25, -0.2) is 4.39 Å². The smallest absolute Gasteiger partial charge is 0.184 e. The number of allylic oxidation sites excluding steroid dienone is 3. The maximum atomic E-state index is 14.5. The number of rotatable bonds is 5. The summed E-state index contributed by atoms with van der Waals surface area (Å²) in [4.78, 5) is 0. The van der Waals surface area contributed by atoms with E-state index in [1.807, 2.05) is 37.3 Å². The molecule has 0 bridgehead atoms. The van der Waals surface area contributed by atoms with Gasteiger partial charge in [-0.2, -0.15) is 0 Å². The molecule has 3 heteroatoms. The lowest BCUT2D eigenvalue weighted by atomic mass is 9.87. The summed E-state index contributed by atoms with van der Waals surface area (Å²) in [6, 6.07) is 11.7. The molecule has 0 radical (unpaired) electrons. The minimum Gasteiger partial charge on any atom is -0.486 e. The Balaban J connectivity index is 1.82. The monoisotopic (exact) mass is 370 g/mol. The first-order chi connectivity index (χ1) is 12.6. The highest BCUT2D eigenvalue weighted by molar-refractivity contribution is 6.33. The molecule has 2 aromatic carbocycles. The fourth-order valence-corrected chi connectivity index (χ4v) is 3.46. The van der Waals surface area contributed by atoms with Crippen LogP contribution in [0.15, 0.2) is 54.6 Å². The molecule has 0 spiro atoms. The summed E-state index contributed by atoms with van der Waals surface area (Å²) in [7, 11) is 0. The third-order valence-electron chi connectivity index (χ3n) is 4.86. The molecule has 1 atom stereocenters. The third kappa shape index (κ3) is 4.19. The predicted molar refractivity (Wildman–Crippen MR) is 108 cm³/mol. The second kappa shape index (κ2) is 8.55. The molecule has 0 saturated carbocycles. The van der Waals surface area contributed by atoms with Gasteiger partial charge in [0, 0.05) is 5.56 Å². The van der Waals surface area contributed by atoms with Crippen molar-refractivity contribution in [3.63, 3.8) is 0 Å². The average Bonchev–Trinajstić information content (AvgIpc) is 2.66. The highest BCUT2D eigenvalue weighted by Gasteiger charge is 2.15. The molecule has 136 valence electrons. The number of halogens is 2. The summed E-state index contributed by atoms with van der Waals surface area (Å²) in [6.07, 6.45) is 9.52. The Labute approximate surface area is 160 Å². The van der Waals surface area contributed by atoms with E-state index in [0.29, 0.717) is 12.2 Å². The Bertz CT molecular complexity index is 821. The van der Waals surface area contributed by atoms with Gasteiger partial charge in [-0.1, -0.05) is 61.0 Å². The van der Waals surface area contributed by atoms with E-state index in [0.717, 1.165) is 24.3 Å². The van der Waals surface area contributed by atoms with Crippen LogP contribution >= 0.6 is 11.6 Å². The summed E-state index contributed by atoms with van der Waals surface area (Å²) in [6.45, 7) is 4.51. The lowest BCUT2D eigenvalue weighted by molar-refractivity contribution is 0.341. The molecule has 0 fully saturated rings. The van der Waals surface area contributed by atoms with Crippen LogP contribution in [0.5, 0.6) is 5.75 Å². The Morgan fingerprint density at radius 1 is 1.15 bits per heavy atom. The molecule has 3 rings (SSSR count). The lowest BCUT2D eigenvalue weighted by Gasteiger charge is -2.18. The van der Waals surface area contributed by atoms with Crippen molar-refractivity contribution in [2.75, 3.05) is 6.61 Å². The van der Waals surface area contributed by atoms with E-state index in [-0.39, 0.29) is 10.8 Å². The molecular formula is C23H24ClFO. The number of hydrogen-bond acceptors (Lipinski definition) is 1. The van der Waals surface area contributed by atoms with Crippen molar-refractivity contribution in [1.82, 2.24) is 0 Å². The van der Waals surface area contributed by atoms with Crippen molar-refractivity contribution in [3.05, 3.63) is 71.0 Å². The Morgan fingerprint density at radius 2 is 1.88 bits per heavy atom. The van der Waals surface area contributed by atoms with Gasteiger partial charge in [0.25, 0.3) is 0 Å². The van der Waals surface area contributed by atoms with Gasteiger partial charge in [0.1, 0.15) is 6.61 Å². The summed E-state index contributed by atoms with van der Waals surface area (Å²) in [5.41, 5.74) is 4.23. The molecule has 0 N–H and O–H groups in total. The molecule has 26 heavy (non-hydrogen) atoms. The molecule has 2 aromatic rings. The van der Waals surface area contributed by atoms with E-state index < -0.39 is 5.82 Å². The SMILES string of the molecule is C/C=C/COc1ccc(-c2ccc(C3=CCC(C)CC3)cc2)c(Cl)c1F. The van der Waals surface area contributed by atoms with Crippen molar-refractivity contribution in [2.24, 2.45) is 5.92 Å². The van der Waals surface area contributed by atoms with Gasteiger partial charge in [-0.05, 0) is 60.9 Å². The predicted octanol–water partition coefficient (Wildman–Crippen LogP) is 7.30. The van der Waals surface area contributed by atoms with Crippen molar-refractivity contribution in [3.8, 4) is 16.9 Å². The number of hydrogen-bond donors (Lipinski definition) is 0. The van der Waals surface area contributed by atoms with Gasteiger partial charge >= 0.3 is 0 Å². The van der Waals surface area contributed by atoms with Crippen molar-refractivity contribution in [1.29, 1.82) is 0 Å². The van der Waals surface area contributed by atoms with Crippen LogP contribution in [-0.4, -0.2) is 6.61 Å². The van der Waals surface area contributed by atoms with Gasteiger partial charge in [0.2, 0.25) is 0 Å². The van der Waals surface area contributed by atoms with Gasteiger partial charge in [-0.3, -0.25) is 0 Å². The van der Waals surface area contributed by atoms with E-state index in [1.165, 1.54) is 17.6 Å². The maximum Gasteiger partial charge on any atom is 0.184 e. The van der Waals surface area contributed by atoms with E-state index in [4.69, 9.17) is 16.3 Å². The van der Waals surface area contributed by atoms with Crippen LogP contribution in [0.2, 0.25) is 5.02 Å². The maximum absolute atomic E-state index is 14.5. The minimum absolute atomic E-state index is 0.0986. The zero-order valence-corrected chi connectivity index (χ0v) is 16.0. The summed E-state index contributed by atoms with van der Waals surface area (Å²) in [5.74, 6) is 0.435. The Kier molecular flexibility index (Phi) is 6.16. The van der Waals surface area contributed by atoms with E-state index >= 15 is 0 Å². The third-order valence-corrected chi connectivity index (χ3v) is 5.23. The van der Waals surface area contributed by atoms with Gasteiger partial charge in [0.15, 0.2) is 11.6 Å². The lowest BCUT2D eigenvalue weighted by Crippen LogP contribution is -2.01. The summed E-state index contributed by atoms with van der Waals surface area (Å²) >= 11 is 6.27. The second-order valence-corrected chi connectivity index (χ2v) is 7.18. The van der Waals surface area contributed by atoms with Crippen LogP contribution in [0.3, 0.4) is 0 Å². The summed E-state index contributed by atoms with van der Waals surface area (Å²) < 4.78 is 19.9. The van der Waals surface area contributed by atoms with Crippen LogP contribution in [0.25, 0.3) is 16.7 Å². The Hall–Kier alpha value is -2.06. The van der Waals surface area contributed by atoms with Crippen LogP contribution in [0.1, 0.15) is 38.7 Å². The molecule has 1 aliphatic rings. The van der Waals surface area contributed by atoms with Crippen LogP contribution in [-0.2, 0) is 0 Å². The van der Waals surface area contributed by atoms with Crippen LogP contribution in [0, 0.1) is 11.7 Å². The van der Waals surface area contributed by atoms with E-state index in [2.05, 4.69) is 25.1 Å². The first-order valence-electron chi connectivity index (χ1n) is 9.12. The van der Waals surface area contributed by atoms with Crippen molar-refractivity contribution >= 4 is 17.2 Å². The standard InChI is InChI=1S/C23H24ClFO/c1-3-4-15-26-21-14-13-20(22(24)23(21)25)19-11-9-18(10-12-19)17-7-5-16(2)6-8-17/h3-4,7,9-14,16H,5-6,8,15H2,1-2H3/b4-3+. The molecule has 0 amide bonds. The van der Waals surface area contributed by atoms with Crippen molar-refractivity contribution < 1.29 is 9.13 Å². The van der Waals surface area contributed by atoms with Gasteiger partial charge in [0.05, 0.1) is 5.02 Å². The van der Waals surface area contributed by atoms with Crippen LogP contribution < -0.4 is 4.74 Å². The minimum atomic E-state index is -0.512. The Morgan fingerprint density at radius 3 is 2.54 bits per heavy atom. The zero-order valence-electron chi connectivity index (χ0n) is 15.3. The van der Waals surface area contributed by atoms with Gasteiger partial charge < -0.3 is 4.74 Å². The van der Waals surface area contributed by atoms with Gasteiger partial charge in [-0.15, -0.1) is 0 Å². The molecule has 0 heterocycles. The van der Waals surface area contributed by atoms with Crippen LogP contribution in [0.4, 0.5) is 4.39 Å². The average molecular weight is 371 g/mol. The number of benzene rings is 2. The first-order valence-corrected chi connectivity index (χ1v) is 9.49. The fraction of sp³-hybridized carbons (Fsp3) is 0.304. The highest BCUT2D eigenvalue weighted by atomic mass is 35.5. The molecule has 1 aliphatic carbocycles. The zero-order chi connectivity index (χ0) is 18.5. The number of ether oxygens (including phenoxy) is 1. The molecule has 0 aliphatic heterocycles. The highest BCUT2D eigenvalue weighted by Crippen LogP contribution is 2.36. The van der Waals surface area contributed by atoms with E-state index in [1.54, 1.807) is 6.07 Å². The van der Waals surface area contributed by atoms with E-state index in [9.17, 15) is 4.39 Å². The second-order valence-electron chi connectivity index (χ2n) is 6.81. The molecule has 1 unspecified atom stereocenters. The molecule has 0 saturated heterocycles. The topological polar surface area (TPSA) is 9.23 Å². The quantitative estimate of drug-likeness (QED) is 0.501. The molecular weight excluding hydrogens is 347 g/mol. The largest absolute Gasteiger partial charge is 0.486 e. The first kappa shape index (κ1) is 18.7. The molecule has 0 aromatic heterocycles. The normalized spacial score (nSPS) is 17.4.